The standard InChI is InChI=1S/C13H25NO/c1-11(2)9-7-5-6-8-10-14-13(15)12(3)4/h12H,1,5-10H2,2-4H3,(H,14,15). The van der Waals surface area contributed by atoms with E-state index in [1.165, 1.54) is 24.8 Å². The Balaban J connectivity index is 3.18. The summed E-state index contributed by atoms with van der Waals surface area (Å²) in [5, 5.41) is 2.93. The second-order valence-electron chi connectivity index (χ2n) is 4.57. The molecule has 0 aromatic heterocycles. The number of nitrogens with one attached hydrogen (secondary N) is 1. The average molecular weight is 211 g/mol. The molecule has 1 amide bonds. The Bertz CT molecular complexity index is 197. The zero-order valence-electron chi connectivity index (χ0n) is 10.4. The van der Waals surface area contributed by atoms with Crippen LogP contribution < -0.4 is 5.32 Å². The van der Waals surface area contributed by atoms with Gasteiger partial charge in [-0.25, -0.2) is 0 Å². The zero-order chi connectivity index (χ0) is 11.7. The molecular weight excluding hydrogens is 186 g/mol. The van der Waals surface area contributed by atoms with E-state index in [0.29, 0.717) is 0 Å². The maximum absolute atomic E-state index is 11.2. The Kier molecular flexibility index (Phi) is 8.06. The summed E-state index contributed by atoms with van der Waals surface area (Å²) in [6.07, 6.45) is 5.90. The maximum atomic E-state index is 11.2. The molecule has 88 valence electrons. The van der Waals surface area contributed by atoms with Crippen LogP contribution in [-0.2, 0) is 4.79 Å². The monoisotopic (exact) mass is 211 g/mol. The lowest BCUT2D eigenvalue weighted by atomic mass is 10.1. The molecule has 0 atom stereocenters. The summed E-state index contributed by atoms with van der Waals surface area (Å²) in [5.74, 6) is 0.269. The molecule has 0 aliphatic rings. The highest BCUT2D eigenvalue weighted by atomic mass is 16.1. The number of hydrogen-bond donors (Lipinski definition) is 1. The minimum atomic E-state index is 0.105. The van der Waals surface area contributed by atoms with Gasteiger partial charge < -0.3 is 5.32 Å². The van der Waals surface area contributed by atoms with Gasteiger partial charge in [0.1, 0.15) is 0 Å². The van der Waals surface area contributed by atoms with Gasteiger partial charge in [0, 0.05) is 12.5 Å². The number of carbonyl (C=O) groups is 1. The van der Waals surface area contributed by atoms with Crippen LogP contribution in [0.15, 0.2) is 12.2 Å². The fourth-order valence-electron chi connectivity index (χ4n) is 1.32. The van der Waals surface area contributed by atoms with Crippen LogP contribution in [0.4, 0.5) is 0 Å². The molecule has 0 heterocycles. The van der Waals surface area contributed by atoms with Crippen molar-refractivity contribution in [2.45, 2.75) is 52.9 Å². The van der Waals surface area contributed by atoms with Gasteiger partial charge in [-0.15, -0.1) is 6.58 Å². The Morgan fingerprint density at radius 1 is 1.20 bits per heavy atom. The zero-order valence-corrected chi connectivity index (χ0v) is 10.4. The van der Waals surface area contributed by atoms with Crippen molar-refractivity contribution in [2.75, 3.05) is 6.54 Å². The summed E-state index contributed by atoms with van der Waals surface area (Å²) in [6, 6.07) is 0. The van der Waals surface area contributed by atoms with Crippen molar-refractivity contribution in [3.8, 4) is 0 Å². The summed E-state index contributed by atoms with van der Waals surface area (Å²) in [7, 11) is 0. The first-order valence-corrected chi connectivity index (χ1v) is 5.96. The fourth-order valence-corrected chi connectivity index (χ4v) is 1.32. The number of unbranched alkanes of at least 4 members (excludes halogenated alkanes) is 3. The molecule has 0 aliphatic heterocycles. The molecule has 0 fully saturated rings. The molecular formula is C13H25NO. The van der Waals surface area contributed by atoms with Crippen LogP contribution in [0.5, 0.6) is 0 Å². The molecule has 2 nitrogen and oxygen atoms in total. The Morgan fingerprint density at radius 2 is 1.80 bits per heavy atom. The van der Waals surface area contributed by atoms with Crippen LogP contribution in [0, 0.1) is 5.92 Å². The fraction of sp³-hybridized carbons (Fsp3) is 0.769. The van der Waals surface area contributed by atoms with E-state index >= 15 is 0 Å². The predicted molar refractivity (Wildman–Crippen MR) is 65.7 cm³/mol. The van der Waals surface area contributed by atoms with Gasteiger partial charge in [0.15, 0.2) is 0 Å². The van der Waals surface area contributed by atoms with Gasteiger partial charge in [0.25, 0.3) is 0 Å². The number of amides is 1. The molecule has 0 bridgehead atoms. The summed E-state index contributed by atoms with van der Waals surface area (Å²) in [6.45, 7) is 10.6. The molecule has 0 radical (unpaired) electrons. The van der Waals surface area contributed by atoms with Crippen LogP contribution >= 0.6 is 0 Å². The molecule has 0 spiro atoms. The normalized spacial score (nSPS) is 10.4. The van der Waals surface area contributed by atoms with Crippen LogP contribution in [0.1, 0.15) is 52.9 Å². The largest absolute Gasteiger partial charge is 0.356 e. The lowest BCUT2D eigenvalue weighted by Crippen LogP contribution is -2.28. The number of rotatable bonds is 8. The minimum Gasteiger partial charge on any atom is -0.356 e. The maximum Gasteiger partial charge on any atom is 0.222 e. The van der Waals surface area contributed by atoms with E-state index in [1.807, 2.05) is 13.8 Å². The van der Waals surface area contributed by atoms with Crippen molar-refractivity contribution in [3.63, 3.8) is 0 Å². The van der Waals surface area contributed by atoms with E-state index in [2.05, 4.69) is 18.8 Å². The Labute approximate surface area is 94.1 Å². The first-order chi connectivity index (χ1) is 7.04. The van der Waals surface area contributed by atoms with Gasteiger partial charge in [-0.3, -0.25) is 4.79 Å². The van der Waals surface area contributed by atoms with Crippen LogP contribution in [0.3, 0.4) is 0 Å². The average Bonchev–Trinajstić information content (AvgIpc) is 2.15. The van der Waals surface area contributed by atoms with Crippen molar-refractivity contribution >= 4 is 5.91 Å². The summed E-state index contributed by atoms with van der Waals surface area (Å²) >= 11 is 0. The third kappa shape index (κ3) is 9.51. The lowest BCUT2D eigenvalue weighted by Gasteiger charge is -2.07. The Hall–Kier alpha value is -0.790. The van der Waals surface area contributed by atoms with Gasteiger partial charge >= 0.3 is 0 Å². The van der Waals surface area contributed by atoms with Crippen molar-refractivity contribution in [1.82, 2.24) is 5.32 Å². The van der Waals surface area contributed by atoms with E-state index in [4.69, 9.17) is 0 Å². The topological polar surface area (TPSA) is 29.1 Å². The Morgan fingerprint density at radius 3 is 2.33 bits per heavy atom. The molecule has 2 heteroatoms. The number of hydrogen-bond acceptors (Lipinski definition) is 1. The number of allylic oxidation sites excluding steroid dienone is 1. The third-order valence-electron chi connectivity index (χ3n) is 2.35. The first kappa shape index (κ1) is 14.2. The van der Waals surface area contributed by atoms with Gasteiger partial charge in [0.05, 0.1) is 0 Å². The van der Waals surface area contributed by atoms with E-state index in [-0.39, 0.29) is 11.8 Å². The van der Waals surface area contributed by atoms with Crippen LogP contribution in [0.2, 0.25) is 0 Å². The van der Waals surface area contributed by atoms with E-state index < -0.39 is 0 Å². The molecule has 0 rings (SSSR count). The summed E-state index contributed by atoms with van der Waals surface area (Å²) in [4.78, 5) is 11.2. The minimum absolute atomic E-state index is 0.105. The van der Waals surface area contributed by atoms with E-state index in [0.717, 1.165) is 19.4 Å². The van der Waals surface area contributed by atoms with E-state index in [1.54, 1.807) is 0 Å². The van der Waals surface area contributed by atoms with Gasteiger partial charge in [-0.2, -0.15) is 0 Å². The third-order valence-corrected chi connectivity index (χ3v) is 2.35. The smallest absolute Gasteiger partial charge is 0.222 e. The summed E-state index contributed by atoms with van der Waals surface area (Å²) < 4.78 is 0. The molecule has 0 aliphatic carbocycles. The van der Waals surface area contributed by atoms with Crippen molar-refractivity contribution < 1.29 is 4.79 Å². The molecule has 0 aromatic rings. The predicted octanol–water partition coefficient (Wildman–Crippen LogP) is 3.29. The molecule has 0 unspecified atom stereocenters. The molecule has 1 N–H and O–H groups in total. The van der Waals surface area contributed by atoms with Gasteiger partial charge in [-0.1, -0.05) is 32.3 Å². The molecule has 15 heavy (non-hydrogen) atoms. The highest BCUT2D eigenvalue weighted by Crippen LogP contribution is 2.07. The van der Waals surface area contributed by atoms with Crippen LogP contribution in [0.25, 0.3) is 0 Å². The van der Waals surface area contributed by atoms with Crippen molar-refractivity contribution in [2.24, 2.45) is 5.92 Å². The second kappa shape index (κ2) is 8.51. The second-order valence-corrected chi connectivity index (χ2v) is 4.57. The van der Waals surface area contributed by atoms with Crippen molar-refractivity contribution in [1.29, 1.82) is 0 Å². The molecule has 0 saturated carbocycles. The lowest BCUT2D eigenvalue weighted by molar-refractivity contribution is -0.123. The SMILES string of the molecule is C=C(C)CCCCCCNC(=O)C(C)C. The van der Waals surface area contributed by atoms with Crippen LogP contribution in [-0.4, -0.2) is 12.5 Å². The van der Waals surface area contributed by atoms with E-state index in [9.17, 15) is 4.79 Å². The highest BCUT2D eigenvalue weighted by molar-refractivity contribution is 5.77. The highest BCUT2D eigenvalue weighted by Gasteiger charge is 2.04. The van der Waals surface area contributed by atoms with Gasteiger partial charge in [0.2, 0.25) is 5.91 Å². The quantitative estimate of drug-likeness (QED) is 0.484. The molecule has 0 saturated heterocycles. The van der Waals surface area contributed by atoms with Crippen molar-refractivity contribution in [3.05, 3.63) is 12.2 Å². The summed E-state index contributed by atoms with van der Waals surface area (Å²) in [5.41, 5.74) is 1.27. The molecule has 0 aromatic carbocycles. The van der Waals surface area contributed by atoms with Gasteiger partial charge in [-0.05, 0) is 26.2 Å². The first-order valence-electron chi connectivity index (χ1n) is 5.96. The number of carbonyl (C=O) groups excluding carboxylic acids is 1.